The van der Waals surface area contributed by atoms with E-state index in [0.29, 0.717) is 5.69 Å². The normalized spacial score (nSPS) is 13.0. The molecule has 0 fully saturated rings. The molecular formula is C16H17N5O3S. The van der Waals surface area contributed by atoms with Crippen molar-refractivity contribution in [1.82, 2.24) is 19.7 Å². The average molecular weight is 359 g/mol. The number of fused-ring (bicyclic) bond motifs is 1. The lowest BCUT2D eigenvalue weighted by atomic mass is 10.2. The molecule has 0 aliphatic heterocycles. The predicted octanol–water partition coefficient (Wildman–Crippen LogP) is 0.782. The van der Waals surface area contributed by atoms with E-state index in [-0.39, 0.29) is 13.0 Å². The molecule has 1 atom stereocenters. The third-order valence-corrected chi connectivity index (χ3v) is 5.33. The fourth-order valence-electron chi connectivity index (χ4n) is 2.53. The molecule has 25 heavy (non-hydrogen) atoms. The monoisotopic (exact) mass is 359 g/mol. The van der Waals surface area contributed by atoms with Crippen LogP contribution in [0.1, 0.15) is 6.42 Å². The number of nitrogens with two attached hydrogens (primary N) is 1. The first-order chi connectivity index (χ1) is 11.8. The molecule has 0 aliphatic carbocycles. The summed E-state index contributed by atoms with van der Waals surface area (Å²) in [7, 11) is -3.54. The minimum atomic E-state index is -3.54. The van der Waals surface area contributed by atoms with Crippen molar-refractivity contribution in [3.05, 3.63) is 42.9 Å². The van der Waals surface area contributed by atoms with Gasteiger partial charge in [0.05, 0.1) is 29.1 Å². The Morgan fingerprint density at radius 2 is 1.96 bits per heavy atom. The molecule has 2 heterocycles. The number of sulfone groups is 1. The summed E-state index contributed by atoms with van der Waals surface area (Å²) in [5.74, 6) is -0.852. The molecule has 1 aromatic carbocycles. The third-order valence-electron chi connectivity index (χ3n) is 3.83. The Kier molecular flexibility index (Phi) is 4.49. The Morgan fingerprint density at radius 1 is 1.24 bits per heavy atom. The number of amides is 1. The van der Waals surface area contributed by atoms with E-state index in [9.17, 15) is 13.2 Å². The van der Waals surface area contributed by atoms with Crippen LogP contribution in [0.25, 0.3) is 22.3 Å². The van der Waals surface area contributed by atoms with E-state index in [4.69, 9.17) is 5.73 Å². The Morgan fingerprint density at radius 3 is 2.64 bits per heavy atom. The molecule has 9 heteroatoms. The fraction of sp³-hybridized carbons (Fsp3) is 0.250. The van der Waals surface area contributed by atoms with E-state index in [1.165, 1.54) is 0 Å². The molecule has 2 aromatic heterocycles. The van der Waals surface area contributed by atoms with E-state index in [0.717, 1.165) is 22.9 Å². The highest BCUT2D eigenvalue weighted by Crippen LogP contribution is 2.18. The van der Waals surface area contributed by atoms with Gasteiger partial charge in [0.2, 0.25) is 5.91 Å². The molecule has 0 aliphatic rings. The van der Waals surface area contributed by atoms with Crippen LogP contribution < -0.4 is 5.73 Å². The van der Waals surface area contributed by atoms with Crippen LogP contribution in [0.2, 0.25) is 0 Å². The van der Waals surface area contributed by atoms with Crippen molar-refractivity contribution >= 4 is 26.8 Å². The zero-order valence-electron chi connectivity index (χ0n) is 13.5. The number of rotatable bonds is 6. The van der Waals surface area contributed by atoms with Crippen LogP contribution in [-0.4, -0.2) is 45.6 Å². The molecule has 0 saturated heterocycles. The lowest BCUT2D eigenvalue weighted by Crippen LogP contribution is -2.36. The van der Waals surface area contributed by atoms with Crippen LogP contribution in [0.3, 0.4) is 0 Å². The summed E-state index contributed by atoms with van der Waals surface area (Å²) >= 11 is 0. The first-order valence-electron chi connectivity index (χ1n) is 7.57. The van der Waals surface area contributed by atoms with Crippen LogP contribution in [0.15, 0.2) is 42.9 Å². The second-order valence-electron chi connectivity index (χ2n) is 5.75. The number of nitrogens with zero attached hydrogens (tertiary/aromatic N) is 4. The number of hydrogen-bond acceptors (Lipinski definition) is 6. The van der Waals surface area contributed by atoms with Crippen LogP contribution in [0.5, 0.6) is 0 Å². The number of carbonyl (C=O) groups excluding carboxylic acids is 1. The average Bonchev–Trinajstić information content (AvgIpc) is 3.02. The van der Waals surface area contributed by atoms with Crippen LogP contribution >= 0.6 is 0 Å². The summed E-state index contributed by atoms with van der Waals surface area (Å²) in [4.78, 5) is 20.2. The van der Waals surface area contributed by atoms with E-state index in [2.05, 4.69) is 15.1 Å². The van der Waals surface area contributed by atoms with Crippen molar-refractivity contribution in [2.24, 2.45) is 5.73 Å². The van der Waals surface area contributed by atoms with Gasteiger partial charge in [-0.15, -0.1) is 0 Å². The smallest absolute Gasteiger partial charge is 0.235 e. The minimum Gasteiger partial charge on any atom is -0.369 e. The topological polar surface area (TPSA) is 121 Å². The standard InChI is InChI=1S/C16H17N5O3S/c1-25(23,24)15(16(17)22)6-7-21-10-11(8-19-21)14-9-18-12-4-2-3-5-13(12)20-14/h2-5,8-10,15H,6-7H2,1H3,(H2,17,22). The summed E-state index contributed by atoms with van der Waals surface area (Å²) in [6.07, 6.45) is 6.09. The number of aromatic nitrogens is 4. The molecule has 3 rings (SSSR count). The van der Waals surface area contributed by atoms with Gasteiger partial charge < -0.3 is 5.73 Å². The summed E-state index contributed by atoms with van der Waals surface area (Å²) in [6.45, 7) is 0.252. The number of hydrogen-bond donors (Lipinski definition) is 1. The number of benzene rings is 1. The van der Waals surface area contributed by atoms with Crippen molar-refractivity contribution < 1.29 is 13.2 Å². The molecule has 2 N–H and O–H groups in total. The van der Waals surface area contributed by atoms with Crippen LogP contribution in [-0.2, 0) is 21.2 Å². The number of carbonyl (C=O) groups is 1. The maximum absolute atomic E-state index is 11.6. The number of aryl methyl sites for hydroxylation is 1. The van der Waals surface area contributed by atoms with E-state index >= 15 is 0 Å². The summed E-state index contributed by atoms with van der Waals surface area (Å²) < 4.78 is 24.8. The van der Waals surface area contributed by atoms with E-state index in [1.54, 1.807) is 23.3 Å². The van der Waals surface area contributed by atoms with Crippen molar-refractivity contribution in [2.75, 3.05) is 6.26 Å². The lowest BCUT2D eigenvalue weighted by molar-refractivity contribution is -0.117. The minimum absolute atomic E-state index is 0.0681. The highest BCUT2D eigenvalue weighted by atomic mass is 32.2. The summed E-state index contributed by atoms with van der Waals surface area (Å²) in [5, 5.41) is 2.97. The maximum atomic E-state index is 11.6. The maximum Gasteiger partial charge on any atom is 0.235 e. The Bertz CT molecular complexity index is 1030. The first kappa shape index (κ1) is 17.0. The molecule has 1 unspecified atom stereocenters. The largest absolute Gasteiger partial charge is 0.369 e. The van der Waals surface area contributed by atoms with Gasteiger partial charge >= 0.3 is 0 Å². The Hall–Kier alpha value is -2.81. The number of para-hydroxylation sites is 2. The van der Waals surface area contributed by atoms with Crippen molar-refractivity contribution in [2.45, 2.75) is 18.2 Å². The van der Waals surface area contributed by atoms with E-state index < -0.39 is 21.0 Å². The van der Waals surface area contributed by atoms with Gasteiger partial charge in [0.25, 0.3) is 0 Å². The van der Waals surface area contributed by atoms with Gasteiger partial charge in [-0.05, 0) is 18.6 Å². The molecular weight excluding hydrogens is 342 g/mol. The van der Waals surface area contributed by atoms with Gasteiger partial charge in [0.1, 0.15) is 5.25 Å². The molecule has 0 radical (unpaired) electrons. The van der Waals surface area contributed by atoms with Crippen molar-refractivity contribution in [1.29, 1.82) is 0 Å². The third kappa shape index (κ3) is 3.82. The molecule has 8 nitrogen and oxygen atoms in total. The Labute approximate surface area is 144 Å². The molecule has 0 spiro atoms. The second-order valence-corrected chi connectivity index (χ2v) is 7.97. The molecule has 3 aromatic rings. The van der Waals surface area contributed by atoms with Gasteiger partial charge in [-0.1, -0.05) is 12.1 Å². The first-order valence-corrected chi connectivity index (χ1v) is 9.53. The summed E-state index contributed by atoms with van der Waals surface area (Å²) in [5.41, 5.74) is 8.17. The van der Waals surface area contributed by atoms with Gasteiger partial charge in [0, 0.05) is 24.6 Å². The zero-order valence-corrected chi connectivity index (χ0v) is 14.3. The molecule has 1 amide bonds. The molecule has 0 saturated carbocycles. The highest BCUT2D eigenvalue weighted by molar-refractivity contribution is 7.92. The molecule has 0 bridgehead atoms. The molecule has 130 valence electrons. The number of primary amides is 1. The highest BCUT2D eigenvalue weighted by Gasteiger charge is 2.26. The predicted molar refractivity (Wildman–Crippen MR) is 93.2 cm³/mol. The summed E-state index contributed by atoms with van der Waals surface area (Å²) in [6, 6.07) is 7.54. The van der Waals surface area contributed by atoms with E-state index in [1.807, 2.05) is 24.3 Å². The second kappa shape index (κ2) is 6.60. The van der Waals surface area contributed by atoms with Gasteiger partial charge in [0.15, 0.2) is 9.84 Å². The van der Waals surface area contributed by atoms with Gasteiger partial charge in [-0.2, -0.15) is 5.10 Å². The SMILES string of the molecule is CS(=O)(=O)C(CCn1cc(-c2cnc3ccccc3n2)cn1)C(N)=O. The Balaban J connectivity index is 1.78. The van der Waals surface area contributed by atoms with Crippen LogP contribution in [0, 0.1) is 0 Å². The zero-order chi connectivity index (χ0) is 18.0. The van der Waals surface area contributed by atoms with Crippen molar-refractivity contribution in [3.8, 4) is 11.3 Å². The quantitative estimate of drug-likeness (QED) is 0.694. The van der Waals surface area contributed by atoms with Crippen molar-refractivity contribution in [3.63, 3.8) is 0 Å². The lowest BCUT2D eigenvalue weighted by Gasteiger charge is -2.10. The van der Waals surface area contributed by atoms with Gasteiger partial charge in [-0.25, -0.2) is 13.4 Å². The van der Waals surface area contributed by atoms with Gasteiger partial charge in [-0.3, -0.25) is 14.5 Å². The fourth-order valence-corrected chi connectivity index (χ4v) is 3.49. The van der Waals surface area contributed by atoms with Crippen LogP contribution in [0.4, 0.5) is 0 Å².